The van der Waals surface area contributed by atoms with Crippen molar-refractivity contribution >= 4 is 30.7 Å². The van der Waals surface area contributed by atoms with E-state index in [4.69, 9.17) is 0 Å². The van der Waals surface area contributed by atoms with Gasteiger partial charge in [0.15, 0.2) is 0 Å². The summed E-state index contributed by atoms with van der Waals surface area (Å²) in [7, 11) is 0. The Morgan fingerprint density at radius 2 is 1.87 bits per heavy atom. The summed E-state index contributed by atoms with van der Waals surface area (Å²) in [5, 5.41) is 3.36. The number of carbonyl (C=O) groups excluding carboxylic acids is 1. The molecule has 1 amide bonds. The van der Waals surface area contributed by atoms with Gasteiger partial charge in [-0.1, -0.05) is 37.3 Å². The number of halogens is 2. The van der Waals surface area contributed by atoms with Gasteiger partial charge in [-0.3, -0.25) is 14.6 Å². The number of nitrogens with one attached hydrogen (secondary N) is 2. The van der Waals surface area contributed by atoms with E-state index in [1.54, 1.807) is 23.2 Å². The molecule has 1 aliphatic rings. The minimum Gasteiger partial charge on any atom is -0.329 e. The fourth-order valence-electron chi connectivity index (χ4n) is 3.69. The second-order valence-corrected chi connectivity index (χ2v) is 7.14. The maximum absolute atomic E-state index is 13.2. The van der Waals surface area contributed by atoms with Crippen molar-refractivity contribution in [2.75, 3.05) is 19.6 Å². The van der Waals surface area contributed by atoms with Gasteiger partial charge >= 0.3 is 0 Å². The van der Waals surface area contributed by atoms with Crippen LogP contribution in [-0.2, 0) is 6.42 Å². The van der Waals surface area contributed by atoms with Gasteiger partial charge in [-0.2, -0.15) is 0 Å². The first-order valence-corrected chi connectivity index (χ1v) is 9.92. The number of aryl methyl sites for hydroxylation is 1. The lowest BCUT2D eigenvalue weighted by atomic mass is 10.00. The molecule has 1 fully saturated rings. The van der Waals surface area contributed by atoms with E-state index in [9.17, 15) is 9.59 Å². The third-order valence-corrected chi connectivity index (χ3v) is 5.36. The minimum absolute atomic E-state index is 0. The van der Waals surface area contributed by atoms with Crippen LogP contribution in [0.15, 0.2) is 65.6 Å². The van der Waals surface area contributed by atoms with Gasteiger partial charge in [-0.25, -0.2) is 0 Å². The summed E-state index contributed by atoms with van der Waals surface area (Å²) in [5.74, 6) is -0.245. The normalized spacial score (nSPS) is 15.5. The highest BCUT2D eigenvalue weighted by Crippen LogP contribution is 2.24. The van der Waals surface area contributed by atoms with Crippen LogP contribution in [0.4, 0.5) is 0 Å². The van der Waals surface area contributed by atoms with Crippen LogP contribution >= 0.6 is 24.8 Å². The number of rotatable bonds is 4. The first kappa shape index (κ1) is 24.6. The molecule has 4 rings (SSSR count). The summed E-state index contributed by atoms with van der Waals surface area (Å²) in [6, 6.07) is 17.1. The third kappa shape index (κ3) is 5.34. The van der Waals surface area contributed by atoms with Gasteiger partial charge < -0.3 is 15.2 Å². The van der Waals surface area contributed by atoms with Crippen molar-refractivity contribution < 1.29 is 4.79 Å². The van der Waals surface area contributed by atoms with Crippen molar-refractivity contribution in [1.29, 1.82) is 0 Å². The number of aromatic amines is 1. The lowest BCUT2D eigenvalue weighted by Crippen LogP contribution is -2.49. The van der Waals surface area contributed by atoms with Crippen molar-refractivity contribution in [2.24, 2.45) is 0 Å². The van der Waals surface area contributed by atoms with E-state index in [1.807, 2.05) is 18.2 Å². The summed E-state index contributed by atoms with van der Waals surface area (Å²) >= 11 is 0. The number of carbonyl (C=O) groups is 1. The molecule has 3 heterocycles. The highest BCUT2D eigenvalue weighted by Gasteiger charge is 2.30. The summed E-state index contributed by atoms with van der Waals surface area (Å²) < 4.78 is 0. The number of hydrogen-bond donors (Lipinski definition) is 2. The largest absolute Gasteiger partial charge is 0.329 e. The predicted molar refractivity (Wildman–Crippen MR) is 127 cm³/mol. The number of nitrogens with zero attached hydrogens (tertiary/aromatic N) is 2. The Kier molecular flexibility index (Phi) is 8.80. The van der Waals surface area contributed by atoms with Crippen LogP contribution in [-0.4, -0.2) is 40.4 Å². The highest BCUT2D eigenvalue weighted by molar-refractivity contribution is 5.94. The molecule has 1 atom stereocenters. The van der Waals surface area contributed by atoms with Gasteiger partial charge in [0, 0.05) is 25.8 Å². The Bertz CT molecular complexity index is 1060. The number of amides is 1. The number of pyridine rings is 2. The van der Waals surface area contributed by atoms with Crippen molar-refractivity contribution in [2.45, 2.75) is 19.4 Å². The fraction of sp³-hybridized carbons (Fsp3) is 0.261. The molecule has 0 aliphatic carbocycles. The van der Waals surface area contributed by atoms with E-state index in [0.29, 0.717) is 31.0 Å². The smallest absolute Gasteiger partial charge is 0.261 e. The van der Waals surface area contributed by atoms with Gasteiger partial charge in [-0.05, 0) is 41.8 Å². The summed E-state index contributed by atoms with van der Waals surface area (Å²) in [6.07, 6.45) is 2.64. The zero-order valence-corrected chi connectivity index (χ0v) is 18.8. The van der Waals surface area contributed by atoms with E-state index in [0.717, 1.165) is 12.0 Å². The maximum atomic E-state index is 13.2. The number of aromatic nitrogens is 2. The van der Waals surface area contributed by atoms with Gasteiger partial charge in [0.25, 0.3) is 11.5 Å². The zero-order valence-electron chi connectivity index (χ0n) is 17.2. The third-order valence-electron chi connectivity index (χ3n) is 5.36. The van der Waals surface area contributed by atoms with Crippen molar-refractivity contribution in [3.05, 3.63) is 87.8 Å². The SMILES string of the molecule is CCc1ccc(C2CNCCN2C(=O)c2ccc(-c3ccccn3)[nH]c2=O)cc1.Cl.Cl. The zero-order chi connectivity index (χ0) is 20.2. The number of H-pyrrole nitrogens is 1. The first-order chi connectivity index (χ1) is 14.2. The summed E-state index contributed by atoms with van der Waals surface area (Å²) in [6.45, 7) is 4.05. The quantitative estimate of drug-likeness (QED) is 0.622. The Balaban J connectivity index is 0.00000171. The maximum Gasteiger partial charge on any atom is 0.261 e. The van der Waals surface area contributed by atoms with Crippen LogP contribution in [0.5, 0.6) is 0 Å². The molecule has 1 saturated heterocycles. The lowest BCUT2D eigenvalue weighted by Gasteiger charge is -2.36. The number of hydrogen-bond acceptors (Lipinski definition) is 4. The predicted octanol–water partition coefficient (Wildman–Crippen LogP) is 3.63. The van der Waals surface area contributed by atoms with Gasteiger partial charge in [0.1, 0.15) is 5.56 Å². The number of piperazine rings is 1. The van der Waals surface area contributed by atoms with E-state index in [2.05, 4.69) is 46.5 Å². The van der Waals surface area contributed by atoms with Crippen LogP contribution in [0, 0.1) is 0 Å². The fourth-order valence-corrected chi connectivity index (χ4v) is 3.69. The lowest BCUT2D eigenvalue weighted by molar-refractivity contribution is 0.0632. The van der Waals surface area contributed by atoms with Crippen LogP contribution in [0.1, 0.15) is 34.5 Å². The van der Waals surface area contributed by atoms with Crippen LogP contribution < -0.4 is 10.9 Å². The van der Waals surface area contributed by atoms with Crippen LogP contribution in [0.25, 0.3) is 11.4 Å². The molecule has 6 nitrogen and oxygen atoms in total. The molecule has 31 heavy (non-hydrogen) atoms. The molecule has 1 unspecified atom stereocenters. The first-order valence-electron chi connectivity index (χ1n) is 9.92. The van der Waals surface area contributed by atoms with E-state index < -0.39 is 5.56 Å². The second kappa shape index (κ2) is 11.1. The van der Waals surface area contributed by atoms with Crippen molar-refractivity contribution in [1.82, 2.24) is 20.2 Å². The molecule has 2 N–H and O–H groups in total. The standard InChI is InChI=1S/C23H24N4O2.2ClH/c1-2-16-6-8-17(9-7-16)21-15-24-13-14-27(21)23(29)18-10-11-20(26-22(18)28)19-5-3-4-12-25-19;;/h3-12,21,24H,2,13-15H2,1H3,(H,26,28);2*1H. The van der Waals surface area contributed by atoms with Crippen molar-refractivity contribution in [3.63, 3.8) is 0 Å². The molecule has 1 aliphatic heterocycles. The second-order valence-electron chi connectivity index (χ2n) is 7.14. The molecule has 0 bridgehead atoms. The molecular weight excluding hydrogens is 435 g/mol. The van der Waals surface area contributed by atoms with E-state index >= 15 is 0 Å². The molecule has 3 aromatic rings. The van der Waals surface area contributed by atoms with Crippen LogP contribution in [0.2, 0.25) is 0 Å². The molecule has 2 aromatic heterocycles. The Morgan fingerprint density at radius 1 is 1.10 bits per heavy atom. The van der Waals surface area contributed by atoms with Gasteiger partial charge in [0.05, 0.1) is 17.4 Å². The molecule has 0 saturated carbocycles. The number of benzene rings is 1. The van der Waals surface area contributed by atoms with E-state index in [-0.39, 0.29) is 42.3 Å². The summed E-state index contributed by atoms with van der Waals surface area (Å²) in [5.41, 5.74) is 3.36. The Morgan fingerprint density at radius 3 is 2.52 bits per heavy atom. The van der Waals surface area contributed by atoms with E-state index in [1.165, 1.54) is 5.56 Å². The molecule has 1 aromatic carbocycles. The summed E-state index contributed by atoms with van der Waals surface area (Å²) in [4.78, 5) is 34.8. The Labute approximate surface area is 193 Å². The van der Waals surface area contributed by atoms with Gasteiger partial charge in [0.2, 0.25) is 0 Å². The highest BCUT2D eigenvalue weighted by atomic mass is 35.5. The average molecular weight is 461 g/mol. The van der Waals surface area contributed by atoms with Crippen LogP contribution in [0.3, 0.4) is 0 Å². The Hall–Kier alpha value is -2.67. The van der Waals surface area contributed by atoms with Crippen molar-refractivity contribution in [3.8, 4) is 11.4 Å². The topological polar surface area (TPSA) is 78.1 Å². The van der Waals surface area contributed by atoms with Gasteiger partial charge in [-0.15, -0.1) is 24.8 Å². The molecule has 164 valence electrons. The molecule has 0 spiro atoms. The molecule has 0 radical (unpaired) electrons. The molecule has 8 heteroatoms. The minimum atomic E-state index is -0.392. The molecular formula is C23H26Cl2N4O2. The monoisotopic (exact) mass is 460 g/mol. The average Bonchev–Trinajstić information content (AvgIpc) is 2.79.